The lowest BCUT2D eigenvalue weighted by atomic mass is 10.0. The Morgan fingerprint density at radius 2 is 2.05 bits per heavy atom. The van der Waals surface area contributed by atoms with Gasteiger partial charge in [-0.05, 0) is 36.2 Å². The quantitative estimate of drug-likeness (QED) is 0.763. The molecule has 2 heterocycles. The summed E-state index contributed by atoms with van der Waals surface area (Å²) in [6.45, 7) is 0. The van der Waals surface area contributed by atoms with Crippen LogP contribution in [0.2, 0.25) is 0 Å². The molecule has 1 amide bonds. The zero-order valence-electron chi connectivity index (χ0n) is 11.7. The first kappa shape index (κ1) is 13.3. The van der Waals surface area contributed by atoms with Crippen molar-refractivity contribution in [1.29, 1.82) is 0 Å². The molecule has 0 fully saturated rings. The maximum atomic E-state index is 12.5. The Morgan fingerprint density at radius 1 is 1.18 bits per heavy atom. The number of hydrogen-bond acceptors (Lipinski definition) is 4. The minimum absolute atomic E-state index is 0.0676. The number of carbonyl (C=O) groups excluding carboxylic acids is 1. The van der Waals surface area contributed by atoms with Crippen LogP contribution in [0.1, 0.15) is 28.4 Å². The fourth-order valence-corrected chi connectivity index (χ4v) is 3.84. The van der Waals surface area contributed by atoms with Crippen LogP contribution < -0.4 is 5.32 Å². The number of rotatable bonds is 2. The van der Waals surface area contributed by atoms with Crippen molar-refractivity contribution in [2.24, 2.45) is 0 Å². The monoisotopic (exact) mass is 310 g/mol. The first-order valence-corrected chi connectivity index (χ1v) is 8.13. The van der Waals surface area contributed by atoms with Crippen LogP contribution in [0.5, 0.6) is 0 Å². The van der Waals surface area contributed by atoms with Crippen molar-refractivity contribution in [2.75, 3.05) is 5.75 Å². The van der Waals surface area contributed by atoms with Gasteiger partial charge in [-0.1, -0.05) is 18.2 Å². The molecule has 4 rings (SSSR count). The molecule has 0 saturated carbocycles. The average molecular weight is 310 g/mol. The van der Waals surface area contributed by atoms with E-state index in [9.17, 15) is 4.79 Å². The molecule has 110 valence electrons. The first-order valence-electron chi connectivity index (χ1n) is 7.14. The van der Waals surface area contributed by atoms with Crippen LogP contribution in [0.15, 0.2) is 47.4 Å². The van der Waals surface area contributed by atoms with E-state index in [1.807, 2.05) is 23.9 Å². The number of amides is 1. The van der Waals surface area contributed by atoms with E-state index in [0.29, 0.717) is 11.1 Å². The summed E-state index contributed by atoms with van der Waals surface area (Å²) in [5.74, 6) is 0.946. The van der Waals surface area contributed by atoms with E-state index in [1.54, 1.807) is 18.2 Å². The van der Waals surface area contributed by atoms with Crippen LogP contribution in [0.25, 0.3) is 11.0 Å². The lowest BCUT2D eigenvalue weighted by Gasteiger charge is -2.25. The molecular formula is C16H14N4OS. The van der Waals surface area contributed by atoms with Crippen LogP contribution in [0.4, 0.5) is 0 Å². The molecule has 2 aromatic carbocycles. The Morgan fingerprint density at radius 3 is 3.00 bits per heavy atom. The Hall–Kier alpha value is -2.34. The van der Waals surface area contributed by atoms with Gasteiger partial charge in [-0.15, -0.1) is 11.8 Å². The molecule has 1 atom stereocenters. The fraction of sp³-hybridized carbons (Fsp3) is 0.188. The number of aromatic amines is 1. The summed E-state index contributed by atoms with van der Waals surface area (Å²) in [5.41, 5.74) is 3.27. The number of benzene rings is 2. The van der Waals surface area contributed by atoms with Crippen molar-refractivity contribution < 1.29 is 4.79 Å². The van der Waals surface area contributed by atoms with Crippen LogP contribution in [0.3, 0.4) is 0 Å². The number of thioether (sulfide) groups is 1. The second kappa shape index (κ2) is 5.46. The molecule has 1 aliphatic rings. The van der Waals surface area contributed by atoms with Gasteiger partial charge in [-0.2, -0.15) is 15.4 Å². The van der Waals surface area contributed by atoms with E-state index in [4.69, 9.17) is 0 Å². The highest BCUT2D eigenvalue weighted by Gasteiger charge is 2.22. The summed E-state index contributed by atoms with van der Waals surface area (Å²) >= 11 is 1.84. The van der Waals surface area contributed by atoms with Crippen molar-refractivity contribution in [1.82, 2.24) is 20.7 Å². The van der Waals surface area contributed by atoms with Gasteiger partial charge in [0.05, 0.1) is 6.04 Å². The van der Waals surface area contributed by atoms with Crippen molar-refractivity contribution in [2.45, 2.75) is 17.4 Å². The predicted octanol–water partition coefficient (Wildman–Crippen LogP) is 2.92. The number of aromatic nitrogens is 3. The number of fused-ring (bicyclic) bond motifs is 2. The van der Waals surface area contributed by atoms with E-state index < -0.39 is 0 Å². The standard InChI is InChI=1S/C16H14N4OS/c21-16(10-5-6-13-14(9-10)19-20-18-13)17-12-7-8-22-15-4-2-1-3-11(12)15/h1-6,9,12H,7-8H2,(H,17,21)(H,18,19,20). The van der Waals surface area contributed by atoms with Gasteiger partial charge < -0.3 is 5.32 Å². The SMILES string of the molecule is O=C(NC1CCSc2ccccc21)c1ccc2n[nH]nc2c1. The van der Waals surface area contributed by atoms with Crippen LogP contribution in [-0.2, 0) is 0 Å². The van der Waals surface area contributed by atoms with Gasteiger partial charge in [0.15, 0.2) is 0 Å². The van der Waals surface area contributed by atoms with Gasteiger partial charge in [0.25, 0.3) is 5.91 Å². The van der Waals surface area contributed by atoms with Gasteiger partial charge in [0.1, 0.15) is 11.0 Å². The number of carbonyl (C=O) groups is 1. The van der Waals surface area contributed by atoms with E-state index in [0.717, 1.165) is 17.7 Å². The molecule has 0 radical (unpaired) electrons. The topological polar surface area (TPSA) is 70.7 Å². The first-order chi connectivity index (χ1) is 10.8. The Balaban J connectivity index is 1.59. The van der Waals surface area contributed by atoms with Crippen LogP contribution in [-0.4, -0.2) is 27.1 Å². The van der Waals surface area contributed by atoms with Crippen LogP contribution in [0, 0.1) is 0 Å². The molecule has 0 saturated heterocycles. The second-order valence-electron chi connectivity index (χ2n) is 5.23. The summed E-state index contributed by atoms with van der Waals surface area (Å²) in [6, 6.07) is 13.7. The van der Waals surface area contributed by atoms with Gasteiger partial charge in [-0.25, -0.2) is 0 Å². The van der Waals surface area contributed by atoms with E-state index in [2.05, 4.69) is 32.9 Å². The van der Waals surface area contributed by atoms with Crippen molar-refractivity contribution >= 4 is 28.7 Å². The molecule has 3 aromatic rings. The van der Waals surface area contributed by atoms with Gasteiger partial charge in [-0.3, -0.25) is 4.79 Å². The average Bonchev–Trinajstić information content (AvgIpc) is 3.02. The zero-order valence-corrected chi connectivity index (χ0v) is 12.6. The maximum absolute atomic E-state index is 12.5. The molecule has 1 aliphatic heterocycles. The number of H-pyrrole nitrogens is 1. The summed E-state index contributed by atoms with van der Waals surface area (Å²) in [4.78, 5) is 13.8. The molecule has 6 heteroatoms. The molecule has 0 bridgehead atoms. The molecule has 22 heavy (non-hydrogen) atoms. The summed E-state index contributed by atoms with van der Waals surface area (Å²) < 4.78 is 0. The molecule has 1 unspecified atom stereocenters. The minimum Gasteiger partial charge on any atom is -0.345 e. The molecule has 0 aliphatic carbocycles. The number of hydrogen-bond donors (Lipinski definition) is 2. The third-order valence-corrected chi connectivity index (χ3v) is 4.96. The number of nitrogens with zero attached hydrogens (tertiary/aromatic N) is 2. The van der Waals surface area contributed by atoms with Gasteiger partial charge in [0.2, 0.25) is 0 Å². The fourth-order valence-electron chi connectivity index (χ4n) is 2.72. The number of nitrogens with one attached hydrogen (secondary N) is 2. The van der Waals surface area contributed by atoms with Crippen molar-refractivity contribution in [3.05, 3.63) is 53.6 Å². The summed E-state index contributed by atoms with van der Waals surface area (Å²) in [7, 11) is 0. The lowest BCUT2D eigenvalue weighted by molar-refractivity contribution is 0.0935. The Labute approximate surface area is 131 Å². The van der Waals surface area contributed by atoms with E-state index >= 15 is 0 Å². The largest absolute Gasteiger partial charge is 0.345 e. The highest BCUT2D eigenvalue weighted by molar-refractivity contribution is 7.99. The summed E-state index contributed by atoms with van der Waals surface area (Å²) in [5, 5.41) is 13.7. The molecule has 5 nitrogen and oxygen atoms in total. The Bertz CT molecular complexity index is 845. The third-order valence-electron chi connectivity index (χ3n) is 3.84. The lowest BCUT2D eigenvalue weighted by Crippen LogP contribution is -2.30. The molecule has 2 N–H and O–H groups in total. The minimum atomic E-state index is -0.0726. The Kier molecular flexibility index (Phi) is 3.31. The molecular weight excluding hydrogens is 296 g/mol. The second-order valence-corrected chi connectivity index (χ2v) is 6.36. The highest BCUT2D eigenvalue weighted by Crippen LogP contribution is 2.35. The predicted molar refractivity (Wildman–Crippen MR) is 85.9 cm³/mol. The smallest absolute Gasteiger partial charge is 0.251 e. The van der Waals surface area contributed by atoms with Crippen LogP contribution >= 0.6 is 11.8 Å². The van der Waals surface area contributed by atoms with E-state index in [1.165, 1.54) is 10.5 Å². The zero-order chi connectivity index (χ0) is 14.9. The highest BCUT2D eigenvalue weighted by atomic mass is 32.2. The summed E-state index contributed by atoms with van der Waals surface area (Å²) in [6.07, 6.45) is 0.944. The van der Waals surface area contributed by atoms with Gasteiger partial charge >= 0.3 is 0 Å². The van der Waals surface area contributed by atoms with Crippen molar-refractivity contribution in [3.8, 4) is 0 Å². The van der Waals surface area contributed by atoms with Gasteiger partial charge in [0, 0.05) is 16.2 Å². The maximum Gasteiger partial charge on any atom is 0.251 e. The molecule has 1 aromatic heterocycles. The third kappa shape index (κ3) is 2.35. The molecule has 0 spiro atoms. The normalized spacial score (nSPS) is 17.2. The van der Waals surface area contributed by atoms with E-state index in [-0.39, 0.29) is 11.9 Å². The van der Waals surface area contributed by atoms with Crippen molar-refractivity contribution in [3.63, 3.8) is 0 Å².